The van der Waals surface area contributed by atoms with Gasteiger partial charge in [-0.1, -0.05) is 6.08 Å². The Kier molecular flexibility index (Phi) is 2.79. The summed E-state index contributed by atoms with van der Waals surface area (Å²) in [6.45, 7) is 5.22. The molecule has 1 amide bonds. The van der Waals surface area contributed by atoms with Crippen LogP contribution in [0, 0.1) is 12.7 Å². The molecule has 5 heteroatoms. The second kappa shape index (κ2) is 3.84. The first-order valence-electron chi connectivity index (χ1n) is 3.76. The number of carbonyl (C=O) groups is 1. The van der Waals surface area contributed by atoms with Crippen LogP contribution in [-0.4, -0.2) is 22.6 Å². The highest BCUT2D eigenvalue weighted by Gasteiger charge is 2.16. The fourth-order valence-electron chi connectivity index (χ4n) is 0.815. The van der Waals surface area contributed by atoms with E-state index >= 15 is 0 Å². The molecule has 0 radical (unpaired) electrons. The van der Waals surface area contributed by atoms with Crippen molar-refractivity contribution in [2.75, 3.05) is 6.54 Å². The highest BCUT2D eigenvalue weighted by molar-refractivity contribution is 5.92. The number of H-pyrrole nitrogens is 1. The SMILES string of the molecule is C=CCNC(=O)c1n[nH]c(C)c1F. The predicted molar refractivity (Wildman–Crippen MR) is 45.8 cm³/mol. The monoisotopic (exact) mass is 183 g/mol. The molecule has 0 aliphatic heterocycles. The molecule has 0 aromatic carbocycles. The minimum absolute atomic E-state index is 0.209. The first-order valence-corrected chi connectivity index (χ1v) is 3.76. The smallest absolute Gasteiger partial charge is 0.275 e. The topological polar surface area (TPSA) is 57.8 Å². The van der Waals surface area contributed by atoms with Crippen molar-refractivity contribution < 1.29 is 9.18 Å². The van der Waals surface area contributed by atoms with Crippen LogP contribution < -0.4 is 5.32 Å². The Hall–Kier alpha value is -1.65. The van der Waals surface area contributed by atoms with Gasteiger partial charge in [-0.3, -0.25) is 9.89 Å². The van der Waals surface area contributed by atoms with Crippen LogP contribution in [0.25, 0.3) is 0 Å². The van der Waals surface area contributed by atoms with Gasteiger partial charge in [0.15, 0.2) is 11.5 Å². The van der Waals surface area contributed by atoms with Crippen molar-refractivity contribution in [2.45, 2.75) is 6.92 Å². The Morgan fingerprint density at radius 3 is 3.00 bits per heavy atom. The average molecular weight is 183 g/mol. The van der Waals surface area contributed by atoms with Crippen LogP contribution in [0.1, 0.15) is 16.2 Å². The second-order valence-corrected chi connectivity index (χ2v) is 2.51. The number of aromatic nitrogens is 2. The van der Waals surface area contributed by atoms with E-state index in [9.17, 15) is 9.18 Å². The molecule has 4 nitrogen and oxygen atoms in total. The molecule has 1 heterocycles. The van der Waals surface area contributed by atoms with Crippen LogP contribution in [0.15, 0.2) is 12.7 Å². The van der Waals surface area contributed by atoms with Crippen molar-refractivity contribution in [1.29, 1.82) is 0 Å². The zero-order valence-electron chi connectivity index (χ0n) is 7.22. The first kappa shape index (κ1) is 9.44. The summed E-state index contributed by atoms with van der Waals surface area (Å²) in [5.41, 5.74) is 0.0445. The summed E-state index contributed by atoms with van der Waals surface area (Å²) in [5, 5.41) is 8.33. The Morgan fingerprint density at radius 1 is 1.85 bits per heavy atom. The molecular formula is C8H10FN3O. The molecular weight excluding hydrogens is 173 g/mol. The van der Waals surface area contributed by atoms with E-state index < -0.39 is 11.7 Å². The van der Waals surface area contributed by atoms with Gasteiger partial charge < -0.3 is 5.32 Å². The highest BCUT2D eigenvalue weighted by atomic mass is 19.1. The van der Waals surface area contributed by atoms with E-state index in [2.05, 4.69) is 22.1 Å². The number of aryl methyl sites for hydroxylation is 1. The molecule has 0 saturated carbocycles. The minimum Gasteiger partial charge on any atom is -0.347 e. The van der Waals surface area contributed by atoms with Crippen LogP contribution in [0.4, 0.5) is 4.39 Å². The van der Waals surface area contributed by atoms with Gasteiger partial charge in [0.25, 0.3) is 5.91 Å². The maximum Gasteiger partial charge on any atom is 0.275 e. The molecule has 0 bridgehead atoms. The molecule has 0 saturated heterocycles. The maximum atomic E-state index is 13.1. The summed E-state index contributed by atoms with van der Waals surface area (Å²) in [6.07, 6.45) is 1.51. The van der Waals surface area contributed by atoms with Gasteiger partial charge in [-0.05, 0) is 6.92 Å². The molecule has 70 valence electrons. The molecule has 0 atom stereocenters. The second-order valence-electron chi connectivity index (χ2n) is 2.51. The van der Waals surface area contributed by atoms with Gasteiger partial charge in [0.1, 0.15) is 0 Å². The number of hydrogen-bond donors (Lipinski definition) is 2. The lowest BCUT2D eigenvalue weighted by Crippen LogP contribution is -2.24. The quantitative estimate of drug-likeness (QED) is 0.680. The van der Waals surface area contributed by atoms with E-state index in [-0.39, 0.29) is 11.4 Å². The summed E-state index contributed by atoms with van der Waals surface area (Å²) in [6, 6.07) is 0. The van der Waals surface area contributed by atoms with Crippen LogP contribution >= 0.6 is 0 Å². The van der Waals surface area contributed by atoms with Crippen molar-refractivity contribution in [1.82, 2.24) is 15.5 Å². The number of nitrogens with zero attached hydrogens (tertiary/aromatic N) is 1. The Labute approximate surface area is 74.8 Å². The lowest BCUT2D eigenvalue weighted by molar-refractivity contribution is 0.0949. The summed E-state index contributed by atoms with van der Waals surface area (Å²) in [4.78, 5) is 11.2. The molecule has 2 N–H and O–H groups in total. The van der Waals surface area contributed by atoms with Crippen molar-refractivity contribution in [2.24, 2.45) is 0 Å². The summed E-state index contributed by atoms with van der Waals surface area (Å²) in [7, 11) is 0. The van der Waals surface area contributed by atoms with Gasteiger partial charge in [-0.2, -0.15) is 5.10 Å². The van der Waals surface area contributed by atoms with Gasteiger partial charge in [0, 0.05) is 6.54 Å². The molecule has 1 aromatic heterocycles. The number of aromatic amines is 1. The molecule has 0 aliphatic rings. The number of halogens is 1. The van der Waals surface area contributed by atoms with Crippen LogP contribution in [-0.2, 0) is 0 Å². The van der Waals surface area contributed by atoms with Gasteiger partial charge in [-0.25, -0.2) is 4.39 Å². The van der Waals surface area contributed by atoms with Crippen molar-refractivity contribution in [3.8, 4) is 0 Å². The number of rotatable bonds is 3. The predicted octanol–water partition coefficient (Wildman–Crippen LogP) is 0.773. The van der Waals surface area contributed by atoms with E-state index in [1.807, 2.05) is 0 Å². The molecule has 0 aliphatic carbocycles. The zero-order valence-corrected chi connectivity index (χ0v) is 7.22. The molecule has 1 rings (SSSR count). The lowest BCUT2D eigenvalue weighted by atomic mass is 10.3. The molecule has 0 unspecified atom stereocenters. The number of hydrogen-bond acceptors (Lipinski definition) is 2. The van der Waals surface area contributed by atoms with E-state index in [1.54, 1.807) is 0 Å². The molecule has 13 heavy (non-hydrogen) atoms. The van der Waals surface area contributed by atoms with Crippen LogP contribution in [0.3, 0.4) is 0 Å². The van der Waals surface area contributed by atoms with Crippen molar-refractivity contribution in [3.05, 3.63) is 29.9 Å². The van der Waals surface area contributed by atoms with E-state index in [0.29, 0.717) is 6.54 Å². The van der Waals surface area contributed by atoms with E-state index in [0.717, 1.165) is 0 Å². The third kappa shape index (κ3) is 1.93. The fourth-order valence-corrected chi connectivity index (χ4v) is 0.815. The molecule has 0 spiro atoms. The van der Waals surface area contributed by atoms with Gasteiger partial charge in [0.2, 0.25) is 0 Å². The third-order valence-corrected chi connectivity index (χ3v) is 1.49. The largest absolute Gasteiger partial charge is 0.347 e. The summed E-state index contributed by atoms with van der Waals surface area (Å²) in [5.74, 6) is -1.15. The highest BCUT2D eigenvalue weighted by Crippen LogP contribution is 2.06. The minimum atomic E-state index is -0.610. The number of amides is 1. The summed E-state index contributed by atoms with van der Waals surface area (Å²) >= 11 is 0. The average Bonchev–Trinajstić information content (AvgIpc) is 2.44. The van der Waals surface area contributed by atoms with Gasteiger partial charge in [0.05, 0.1) is 5.69 Å². The molecule has 0 fully saturated rings. The lowest BCUT2D eigenvalue weighted by Gasteiger charge is -1.97. The Morgan fingerprint density at radius 2 is 2.54 bits per heavy atom. The summed E-state index contributed by atoms with van der Waals surface area (Å²) < 4.78 is 13.1. The number of carbonyl (C=O) groups excluding carboxylic acids is 1. The number of nitrogens with one attached hydrogen (secondary N) is 2. The van der Waals surface area contributed by atoms with Gasteiger partial charge in [-0.15, -0.1) is 6.58 Å². The third-order valence-electron chi connectivity index (χ3n) is 1.49. The standard InChI is InChI=1S/C8H10FN3O/c1-3-4-10-8(13)7-6(9)5(2)11-12-7/h3H,1,4H2,2H3,(H,10,13)(H,11,12). The van der Waals surface area contributed by atoms with Gasteiger partial charge >= 0.3 is 0 Å². The van der Waals surface area contributed by atoms with Crippen LogP contribution in [0.2, 0.25) is 0 Å². The zero-order chi connectivity index (χ0) is 9.84. The van der Waals surface area contributed by atoms with E-state index in [1.165, 1.54) is 13.0 Å². The van der Waals surface area contributed by atoms with Crippen LogP contribution in [0.5, 0.6) is 0 Å². The Bertz CT molecular complexity index is 332. The maximum absolute atomic E-state index is 13.1. The van der Waals surface area contributed by atoms with Crippen molar-refractivity contribution in [3.63, 3.8) is 0 Å². The fraction of sp³-hybridized carbons (Fsp3) is 0.250. The first-order chi connectivity index (χ1) is 6.16. The van der Waals surface area contributed by atoms with Crippen molar-refractivity contribution >= 4 is 5.91 Å². The Balaban J connectivity index is 2.77. The van der Waals surface area contributed by atoms with E-state index in [4.69, 9.17) is 0 Å². The normalized spacial score (nSPS) is 9.69. The molecule has 1 aromatic rings.